The van der Waals surface area contributed by atoms with Gasteiger partial charge < -0.3 is 9.88 Å². The molecule has 1 amide bonds. The van der Waals surface area contributed by atoms with Crippen molar-refractivity contribution in [2.24, 2.45) is 0 Å². The molecule has 4 heteroatoms. The minimum absolute atomic E-state index is 0.0590. The Morgan fingerprint density at radius 1 is 1.14 bits per heavy atom. The fourth-order valence-electron chi connectivity index (χ4n) is 2.32. The molecule has 3 rings (SSSR count). The van der Waals surface area contributed by atoms with Crippen molar-refractivity contribution in [1.29, 1.82) is 0 Å². The summed E-state index contributed by atoms with van der Waals surface area (Å²) in [5, 5.41) is 4.66. The highest BCUT2D eigenvalue weighted by molar-refractivity contribution is 6.30. The van der Waals surface area contributed by atoms with Crippen LogP contribution < -0.4 is 5.32 Å². The number of aromatic nitrogens is 1. The average Bonchev–Trinajstić information content (AvgIpc) is 2.84. The molecular weight excluding hydrogens is 284 g/mol. The second kappa shape index (κ2) is 5.62. The Balaban J connectivity index is 1.77. The zero-order chi connectivity index (χ0) is 14.8. The molecule has 106 valence electrons. The molecule has 0 bridgehead atoms. The van der Waals surface area contributed by atoms with Gasteiger partial charge in [-0.3, -0.25) is 4.79 Å². The lowest BCUT2D eigenvalue weighted by molar-refractivity contribution is -0.116. The first-order valence-electron chi connectivity index (χ1n) is 6.73. The molecule has 0 aliphatic rings. The molecule has 1 heterocycles. The van der Waals surface area contributed by atoms with Gasteiger partial charge in [-0.25, -0.2) is 0 Å². The number of rotatable bonds is 3. The molecule has 1 N–H and O–H groups in total. The molecule has 0 atom stereocenters. The molecule has 0 saturated heterocycles. The van der Waals surface area contributed by atoms with Crippen LogP contribution in [-0.2, 0) is 11.3 Å². The summed E-state index contributed by atoms with van der Waals surface area (Å²) >= 11 is 5.83. The van der Waals surface area contributed by atoms with Gasteiger partial charge in [0.25, 0.3) is 0 Å². The van der Waals surface area contributed by atoms with Crippen LogP contribution in [0.3, 0.4) is 0 Å². The summed E-state index contributed by atoms with van der Waals surface area (Å²) in [4.78, 5) is 12.1. The number of halogens is 1. The quantitative estimate of drug-likeness (QED) is 0.771. The summed E-state index contributed by atoms with van der Waals surface area (Å²) in [5.74, 6) is -0.0590. The molecule has 2 aromatic carbocycles. The van der Waals surface area contributed by atoms with Crippen molar-refractivity contribution in [1.82, 2.24) is 4.57 Å². The van der Waals surface area contributed by atoms with Crippen molar-refractivity contribution in [3.05, 3.63) is 65.3 Å². The molecule has 1 aromatic heterocycles. The zero-order valence-electron chi connectivity index (χ0n) is 11.6. The van der Waals surface area contributed by atoms with E-state index in [-0.39, 0.29) is 12.5 Å². The third kappa shape index (κ3) is 3.09. The van der Waals surface area contributed by atoms with Crippen LogP contribution in [0.25, 0.3) is 10.9 Å². The number of nitrogens with zero attached hydrogens (tertiary/aromatic N) is 1. The van der Waals surface area contributed by atoms with E-state index < -0.39 is 0 Å². The van der Waals surface area contributed by atoms with E-state index in [1.165, 1.54) is 5.56 Å². The van der Waals surface area contributed by atoms with E-state index in [0.717, 1.165) is 16.6 Å². The van der Waals surface area contributed by atoms with Crippen LogP contribution >= 0.6 is 11.6 Å². The van der Waals surface area contributed by atoms with Gasteiger partial charge in [0, 0.05) is 22.4 Å². The molecule has 0 spiro atoms. The largest absolute Gasteiger partial charge is 0.338 e. The van der Waals surface area contributed by atoms with Gasteiger partial charge in [-0.1, -0.05) is 23.7 Å². The summed E-state index contributed by atoms with van der Waals surface area (Å²) in [5.41, 5.74) is 3.00. The van der Waals surface area contributed by atoms with Crippen LogP contribution in [-0.4, -0.2) is 10.5 Å². The summed E-state index contributed by atoms with van der Waals surface area (Å²) in [6.07, 6.45) is 1.94. The van der Waals surface area contributed by atoms with Crippen LogP contribution in [0.15, 0.2) is 54.7 Å². The maximum atomic E-state index is 12.1. The smallest absolute Gasteiger partial charge is 0.244 e. The lowest BCUT2D eigenvalue weighted by atomic mass is 10.2. The first kappa shape index (κ1) is 13.7. The molecule has 0 saturated carbocycles. The highest BCUT2D eigenvalue weighted by Gasteiger charge is 2.07. The third-order valence-electron chi connectivity index (χ3n) is 3.37. The molecule has 0 radical (unpaired) electrons. The number of anilines is 1. The Kier molecular flexibility index (Phi) is 3.67. The number of hydrogen-bond donors (Lipinski definition) is 1. The fourth-order valence-corrected chi connectivity index (χ4v) is 2.45. The Hall–Kier alpha value is -2.26. The Morgan fingerprint density at radius 3 is 2.67 bits per heavy atom. The maximum absolute atomic E-state index is 12.1. The number of fused-ring (bicyclic) bond motifs is 1. The predicted molar refractivity (Wildman–Crippen MR) is 86.8 cm³/mol. The van der Waals surface area contributed by atoms with Gasteiger partial charge in [0.15, 0.2) is 0 Å². The molecule has 0 aliphatic carbocycles. The van der Waals surface area contributed by atoms with Gasteiger partial charge in [-0.05, 0) is 54.3 Å². The number of aryl methyl sites for hydroxylation is 1. The van der Waals surface area contributed by atoms with Gasteiger partial charge >= 0.3 is 0 Å². The number of nitrogens with one attached hydrogen (secondary N) is 1. The van der Waals surface area contributed by atoms with E-state index >= 15 is 0 Å². The van der Waals surface area contributed by atoms with Crippen molar-refractivity contribution in [3.8, 4) is 0 Å². The Labute approximate surface area is 128 Å². The zero-order valence-corrected chi connectivity index (χ0v) is 12.4. The molecule has 0 unspecified atom stereocenters. The second-order valence-corrected chi connectivity index (χ2v) is 5.50. The molecular formula is C17H15ClN2O. The van der Waals surface area contributed by atoms with Gasteiger partial charge in [0.2, 0.25) is 5.91 Å². The number of hydrogen-bond acceptors (Lipinski definition) is 1. The molecule has 0 fully saturated rings. The van der Waals surface area contributed by atoms with E-state index in [9.17, 15) is 4.79 Å². The van der Waals surface area contributed by atoms with E-state index in [1.54, 1.807) is 24.3 Å². The SMILES string of the molecule is Cc1ccc2ccn(CC(=O)Nc3ccc(Cl)cc3)c2c1. The third-order valence-corrected chi connectivity index (χ3v) is 3.62. The van der Waals surface area contributed by atoms with Crippen LogP contribution in [0, 0.1) is 6.92 Å². The van der Waals surface area contributed by atoms with Crippen molar-refractivity contribution < 1.29 is 4.79 Å². The Bertz CT molecular complexity index is 790. The molecule has 21 heavy (non-hydrogen) atoms. The normalized spacial score (nSPS) is 10.8. The molecule has 3 nitrogen and oxygen atoms in total. The summed E-state index contributed by atoms with van der Waals surface area (Å²) in [6, 6.07) is 15.3. The Morgan fingerprint density at radius 2 is 1.90 bits per heavy atom. The average molecular weight is 299 g/mol. The predicted octanol–water partition coefficient (Wildman–Crippen LogP) is 4.24. The lowest BCUT2D eigenvalue weighted by Crippen LogP contribution is -2.18. The minimum Gasteiger partial charge on any atom is -0.338 e. The second-order valence-electron chi connectivity index (χ2n) is 5.06. The van der Waals surface area contributed by atoms with E-state index in [2.05, 4.69) is 23.5 Å². The van der Waals surface area contributed by atoms with Gasteiger partial charge in [-0.2, -0.15) is 0 Å². The van der Waals surface area contributed by atoms with Crippen LogP contribution in [0.5, 0.6) is 0 Å². The van der Waals surface area contributed by atoms with E-state index in [1.807, 2.05) is 23.8 Å². The van der Waals surface area contributed by atoms with Crippen LogP contribution in [0.4, 0.5) is 5.69 Å². The number of amides is 1. The standard InChI is InChI=1S/C17H15ClN2O/c1-12-2-3-13-8-9-20(16(13)10-12)11-17(21)19-15-6-4-14(18)5-7-15/h2-10H,11H2,1H3,(H,19,21). The maximum Gasteiger partial charge on any atom is 0.244 e. The first-order valence-corrected chi connectivity index (χ1v) is 7.10. The number of benzene rings is 2. The monoisotopic (exact) mass is 298 g/mol. The first-order chi connectivity index (χ1) is 10.1. The van der Waals surface area contributed by atoms with E-state index in [0.29, 0.717) is 5.02 Å². The topological polar surface area (TPSA) is 34.0 Å². The highest BCUT2D eigenvalue weighted by atomic mass is 35.5. The number of carbonyl (C=O) groups is 1. The highest BCUT2D eigenvalue weighted by Crippen LogP contribution is 2.18. The van der Waals surface area contributed by atoms with Gasteiger partial charge in [0.1, 0.15) is 6.54 Å². The van der Waals surface area contributed by atoms with Crippen molar-refractivity contribution in [2.75, 3.05) is 5.32 Å². The minimum atomic E-state index is -0.0590. The van der Waals surface area contributed by atoms with E-state index in [4.69, 9.17) is 11.6 Å². The van der Waals surface area contributed by atoms with Crippen molar-refractivity contribution in [2.45, 2.75) is 13.5 Å². The van der Waals surface area contributed by atoms with Crippen LogP contribution in [0.1, 0.15) is 5.56 Å². The number of carbonyl (C=O) groups excluding carboxylic acids is 1. The van der Waals surface area contributed by atoms with Crippen molar-refractivity contribution in [3.63, 3.8) is 0 Å². The van der Waals surface area contributed by atoms with Gasteiger partial charge in [0.05, 0.1) is 0 Å². The lowest BCUT2D eigenvalue weighted by Gasteiger charge is -2.08. The summed E-state index contributed by atoms with van der Waals surface area (Å²) < 4.78 is 1.95. The van der Waals surface area contributed by atoms with Crippen molar-refractivity contribution >= 4 is 34.1 Å². The summed E-state index contributed by atoms with van der Waals surface area (Å²) in [6.45, 7) is 2.33. The molecule has 0 aliphatic heterocycles. The summed E-state index contributed by atoms with van der Waals surface area (Å²) in [7, 11) is 0. The van der Waals surface area contributed by atoms with Gasteiger partial charge in [-0.15, -0.1) is 0 Å². The van der Waals surface area contributed by atoms with Crippen LogP contribution in [0.2, 0.25) is 5.02 Å². The fraction of sp³-hybridized carbons (Fsp3) is 0.118. The molecule has 3 aromatic rings.